The third-order valence-electron chi connectivity index (χ3n) is 6.62. The van der Waals surface area contributed by atoms with E-state index in [0.717, 1.165) is 18.4 Å². The van der Waals surface area contributed by atoms with E-state index in [1.54, 1.807) is 6.20 Å². The summed E-state index contributed by atoms with van der Waals surface area (Å²) in [6.45, 7) is 5.19. The third kappa shape index (κ3) is 3.74. The van der Waals surface area contributed by atoms with E-state index in [2.05, 4.69) is 27.4 Å². The first kappa shape index (κ1) is 20.6. The van der Waals surface area contributed by atoms with Crippen molar-refractivity contribution in [3.05, 3.63) is 53.2 Å². The van der Waals surface area contributed by atoms with Crippen molar-refractivity contribution in [1.82, 2.24) is 24.8 Å². The molecule has 2 aromatic heterocycles. The lowest BCUT2D eigenvalue weighted by atomic mass is 9.93. The SMILES string of the molecule is CCC(=O)N1CC(n2cc(C(=O)C[C@@H]3CCc4cc(-c5noc(CC)n5)ccc43)cn2)C1. The van der Waals surface area contributed by atoms with Gasteiger partial charge in [-0.15, -0.1) is 0 Å². The van der Waals surface area contributed by atoms with Gasteiger partial charge in [-0.25, -0.2) is 0 Å². The molecule has 0 N–H and O–H groups in total. The van der Waals surface area contributed by atoms with Gasteiger partial charge in [-0.3, -0.25) is 14.3 Å². The average molecular weight is 434 g/mol. The van der Waals surface area contributed by atoms with Gasteiger partial charge in [0.1, 0.15) is 0 Å². The zero-order chi connectivity index (χ0) is 22.2. The molecule has 0 spiro atoms. The summed E-state index contributed by atoms with van der Waals surface area (Å²) in [6.07, 6.45) is 7.12. The molecule has 32 heavy (non-hydrogen) atoms. The summed E-state index contributed by atoms with van der Waals surface area (Å²) in [5.41, 5.74) is 4.10. The first-order valence-corrected chi connectivity index (χ1v) is 11.4. The molecule has 3 heterocycles. The normalized spacial score (nSPS) is 17.9. The van der Waals surface area contributed by atoms with Crippen LogP contribution in [0.4, 0.5) is 0 Å². The van der Waals surface area contributed by atoms with Crippen LogP contribution in [0.1, 0.15) is 72.4 Å². The van der Waals surface area contributed by atoms with Crippen molar-refractivity contribution in [2.45, 2.75) is 57.9 Å². The highest BCUT2D eigenvalue weighted by molar-refractivity contribution is 5.96. The van der Waals surface area contributed by atoms with E-state index in [1.807, 2.05) is 35.7 Å². The number of carbonyl (C=O) groups excluding carboxylic acids is 2. The molecule has 3 aromatic rings. The number of aromatic nitrogens is 4. The highest BCUT2D eigenvalue weighted by atomic mass is 16.5. The van der Waals surface area contributed by atoms with Crippen LogP contribution in [0.5, 0.6) is 0 Å². The second-order valence-corrected chi connectivity index (χ2v) is 8.66. The lowest BCUT2D eigenvalue weighted by Crippen LogP contribution is -2.50. The maximum absolute atomic E-state index is 12.9. The Labute approximate surface area is 186 Å². The molecule has 8 nitrogen and oxygen atoms in total. The number of benzene rings is 1. The topological polar surface area (TPSA) is 94.1 Å². The third-order valence-corrected chi connectivity index (χ3v) is 6.62. The van der Waals surface area contributed by atoms with Crippen LogP contribution in [0.25, 0.3) is 11.4 Å². The quantitative estimate of drug-likeness (QED) is 0.529. The molecule has 1 fully saturated rings. The van der Waals surface area contributed by atoms with Crippen molar-refractivity contribution in [2.24, 2.45) is 0 Å². The van der Waals surface area contributed by atoms with E-state index >= 15 is 0 Å². The zero-order valence-corrected chi connectivity index (χ0v) is 18.5. The molecule has 0 bridgehead atoms. The van der Waals surface area contributed by atoms with Crippen LogP contribution < -0.4 is 0 Å². The Morgan fingerprint density at radius 3 is 2.81 bits per heavy atom. The summed E-state index contributed by atoms with van der Waals surface area (Å²) < 4.78 is 7.06. The van der Waals surface area contributed by atoms with Crippen molar-refractivity contribution < 1.29 is 14.1 Å². The molecule has 1 aliphatic carbocycles. The molecule has 1 aliphatic heterocycles. The monoisotopic (exact) mass is 433 g/mol. The fourth-order valence-electron chi connectivity index (χ4n) is 4.65. The minimum Gasteiger partial charge on any atom is -0.339 e. The molecule has 1 atom stereocenters. The first-order valence-electron chi connectivity index (χ1n) is 11.4. The summed E-state index contributed by atoms with van der Waals surface area (Å²) in [5.74, 6) is 1.75. The number of aryl methyl sites for hydroxylation is 2. The van der Waals surface area contributed by atoms with Crippen LogP contribution in [-0.2, 0) is 17.6 Å². The van der Waals surface area contributed by atoms with Crippen LogP contribution in [0.2, 0.25) is 0 Å². The van der Waals surface area contributed by atoms with Crippen LogP contribution in [0.15, 0.2) is 35.1 Å². The zero-order valence-electron chi connectivity index (χ0n) is 18.5. The minimum absolute atomic E-state index is 0.116. The number of hydrogen-bond acceptors (Lipinski definition) is 6. The Hall–Kier alpha value is -3.29. The maximum Gasteiger partial charge on any atom is 0.226 e. The molecule has 0 unspecified atom stereocenters. The Balaban J connectivity index is 1.23. The van der Waals surface area contributed by atoms with Crippen LogP contribution in [0.3, 0.4) is 0 Å². The van der Waals surface area contributed by atoms with Gasteiger partial charge in [-0.2, -0.15) is 10.1 Å². The summed E-state index contributed by atoms with van der Waals surface area (Å²) in [4.78, 5) is 30.9. The predicted molar refractivity (Wildman–Crippen MR) is 117 cm³/mol. The van der Waals surface area contributed by atoms with Gasteiger partial charge in [-0.1, -0.05) is 31.1 Å². The first-order chi connectivity index (χ1) is 15.6. The van der Waals surface area contributed by atoms with Gasteiger partial charge < -0.3 is 9.42 Å². The second-order valence-electron chi connectivity index (χ2n) is 8.66. The highest BCUT2D eigenvalue weighted by Gasteiger charge is 2.32. The van der Waals surface area contributed by atoms with Crippen molar-refractivity contribution >= 4 is 11.7 Å². The van der Waals surface area contributed by atoms with Crippen molar-refractivity contribution in [1.29, 1.82) is 0 Å². The number of rotatable bonds is 7. The van der Waals surface area contributed by atoms with Gasteiger partial charge in [0.15, 0.2) is 5.78 Å². The molecular formula is C24H27N5O3. The number of nitrogens with zero attached hydrogens (tertiary/aromatic N) is 5. The second kappa shape index (κ2) is 8.33. The van der Waals surface area contributed by atoms with E-state index in [4.69, 9.17) is 4.52 Å². The molecule has 5 rings (SSSR count). The minimum atomic E-state index is 0.116. The fourth-order valence-corrected chi connectivity index (χ4v) is 4.65. The molecule has 166 valence electrons. The summed E-state index contributed by atoms with van der Waals surface area (Å²) in [5, 5.41) is 8.45. The molecule has 2 aliphatic rings. The number of Topliss-reactive ketones (excluding diaryl/α,β-unsaturated/α-hetero) is 1. The predicted octanol–water partition coefficient (Wildman–Crippen LogP) is 3.59. The van der Waals surface area contributed by atoms with E-state index in [9.17, 15) is 9.59 Å². The van der Waals surface area contributed by atoms with Gasteiger partial charge in [0.2, 0.25) is 17.6 Å². The largest absolute Gasteiger partial charge is 0.339 e. The average Bonchev–Trinajstić information content (AvgIpc) is 3.52. The summed E-state index contributed by atoms with van der Waals surface area (Å²) >= 11 is 0. The summed E-state index contributed by atoms with van der Waals surface area (Å²) in [7, 11) is 0. The smallest absolute Gasteiger partial charge is 0.226 e. The lowest BCUT2D eigenvalue weighted by molar-refractivity contribution is -0.136. The fraction of sp³-hybridized carbons (Fsp3) is 0.458. The van der Waals surface area contributed by atoms with Gasteiger partial charge in [0.25, 0.3) is 0 Å². The summed E-state index contributed by atoms with van der Waals surface area (Å²) in [6, 6.07) is 6.41. The Morgan fingerprint density at radius 2 is 2.06 bits per heavy atom. The molecule has 1 amide bonds. The van der Waals surface area contributed by atoms with Crippen LogP contribution in [-0.4, -0.2) is 49.6 Å². The van der Waals surface area contributed by atoms with Crippen molar-refractivity contribution in [3.8, 4) is 11.4 Å². The van der Waals surface area contributed by atoms with Gasteiger partial charge in [0, 0.05) is 44.1 Å². The standard InChI is InChI=1S/C24H27N5O3/c1-3-22-26-24(27-32-22)17-7-8-20-15(9-17)5-6-16(20)10-21(30)18-11-25-29(12-18)19-13-28(14-19)23(31)4-2/h7-9,11-12,16,19H,3-6,10,13-14H2,1-2H3/t16-/m0/s1. The van der Waals surface area contributed by atoms with Crippen molar-refractivity contribution in [2.75, 3.05) is 13.1 Å². The number of hydrogen-bond donors (Lipinski definition) is 0. The van der Waals surface area contributed by atoms with E-state index in [1.165, 1.54) is 11.1 Å². The molecule has 8 heteroatoms. The molecule has 1 saturated heterocycles. The highest BCUT2D eigenvalue weighted by Crippen LogP contribution is 2.38. The number of fused-ring (bicyclic) bond motifs is 1. The van der Waals surface area contributed by atoms with Gasteiger partial charge >= 0.3 is 0 Å². The Kier molecular flexibility index (Phi) is 5.36. The van der Waals surface area contributed by atoms with Gasteiger partial charge in [-0.05, 0) is 36.0 Å². The van der Waals surface area contributed by atoms with Crippen LogP contribution >= 0.6 is 0 Å². The van der Waals surface area contributed by atoms with E-state index in [-0.39, 0.29) is 23.7 Å². The number of likely N-dealkylation sites (tertiary alicyclic amines) is 1. The van der Waals surface area contributed by atoms with Crippen LogP contribution in [0, 0.1) is 0 Å². The molecule has 0 saturated carbocycles. The number of carbonyl (C=O) groups is 2. The van der Waals surface area contributed by atoms with Crippen molar-refractivity contribution in [3.63, 3.8) is 0 Å². The van der Waals surface area contributed by atoms with E-state index < -0.39 is 0 Å². The maximum atomic E-state index is 12.9. The number of amides is 1. The Bertz CT molecular complexity index is 1160. The molecule has 0 radical (unpaired) electrons. The molecular weight excluding hydrogens is 406 g/mol. The van der Waals surface area contributed by atoms with E-state index in [0.29, 0.717) is 49.6 Å². The van der Waals surface area contributed by atoms with Gasteiger partial charge in [0.05, 0.1) is 17.8 Å². The Morgan fingerprint density at radius 1 is 1.22 bits per heavy atom. The number of ketones is 1. The lowest BCUT2D eigenvalue weighted by Gasteiger charge is -2.39. The molecule has 1 aromatic carbocycles.